The Balaban J connectivity index is 2.42. The average molecular weight is 299 g/mol. The van der Waals surface area contributed by atoms with E-state index in [1.54, 1.807) is 24.3 Å². The second-order valence-electron chi connectivity index (χ2n) is 4.44. The van der Waals surface area contributed by atoms with Crippen molar-refractivity contribution in [2.75, 3.05) is 7.11 Å². The summed E-state index contributed by atoms with van der Waals surface area (Å²) in [5.41, 5.74) is 1.08. The van der Waals surface area contributed by atoms with E-state index in [0.29, 0.717) is 16.9 Å². The van der Waals surface area contributed by atoms with Gasteiger partial charge in [-0.3, -0.25) is 10.1 Å². The molecule has 0 fully saturated rings. The number of nitrogens with zero attached hydrogens (tertiary/aromatic N) is 1. The fraction of sp³-hybridized carbons (Fsp3) is 0.0625. The number of benzene rings is 2. The van der Waals surface area contributed by atoms with Gasteiger partial charge >= 0.3 is 5.97 Å². The minimum absolute atomic E-state index is 0.0459. The van der Waals surface area contributed by atoms with Crippen LogP contribution < -0.4 is 4.74 Å². The molecule has 0 atom stereocenters. The Labute approximate surface area is 126 Å². The van der Waals surface area contributed by atoms with Crippen molar-refractivity contribution in [3.8, 4) is 5.75 Å². The summed E-state index contributed by atoms with van der Waals surface area (Å²) in [4.78, 5) is 21.6. The second-order valence-corrected chi connectivity index (χ2v) is 4.44. The van der Waals surface area contributed by atoms with Crippen LogP contribution >= 0.6 is 0 Å². The van der Waals surface area contributed by atoms with Crippen molar-refractivity contribution >= 4 is 23.3 Å². The molecule has 6 heteroatoms. The number of ether oxygens (including phenoxy) is 1. The summed E-state index contributed by atoms with van der Waals surface area (Å²) in [7, 11) is 1.50. The van der Waals surface area contributed by atoms with Gasteiger partial charge in [0, 0.05) is 12.1 Å². The maximum atomic E-state index is 11.5. The average Bonchev–Trinajstić information content (AvgIpc) is 2.52. The lowest BCUT2D eigenvalue weighted by Gasteiger charge is -2.06. The first kappa shape index (κ1) is 15.2. The number of carboxylic acid groups (broad SMARTS) is 1. The van der Waals surface area contributed by atoms with Gasteiger partial charge in [0.05, 0.1) is 17.6 Å². The molecule has 6 nitrogen and oxygen atoms in total. The van der Waals surface area contributed by atoms with Gasteiger partial charge in [-0.05, 0) is 41.5 Å². The minimum Gasteiger partial charge on any atom is -0.497 e. The maximum Gasteiger partial charge on any atom is 0.336 e. The zero-order valence-electron chi connectivity index (χ0n) is 11.7. The monoisotopic (exact) mass is 299 g/mol. The summed E-state index contributed by atoms with van der Waals surface area (Å²) < 4.78 is 5.08. The molecule has 0 bridgehead atoms. The third-order valence-electron chi connectivity index (χ3n) is 3.03. The molecule has 0 unspecified atom stereocenters. The molecule has 1 N–H and O–H groups in total. The Morgan fingerprint density at radius 3 is 2.45 bits per heavy atom. The Bertz CT molecular complexity index is 734. The van der Waals surface area contributed by atoms with Gasteiger partial charge in [-0.15, -0.1) is 0 Å². The molecule has 2 aromatic rings. The fourth-order valence-electron chi connectivity index (χ4n) is 1.92. The summed E-state index contributed by atoms with van der Waals surface area (Å²) in [5, 5.41) is 20.0. The van der Waals surface area contributed by atoms with Crippen LogP contribution in [0.15, 0.2) is 48.5 Å². The maximum absolute atomic E-state index is 11.5. The number of carboxylic acids is 1. The molecule has 22 heavy (non-hydrogen) atoms. The van der Waals surface area contributed by atoms with Gasteiger partial charge in [0.1, 0.15) is 5.75 Å². The van der Waals surface area contributed by atoms with Crippen molar-refractivity contribution in [3.63, 3.8) is 0 Å². The smallest absolute Gasteiger partial charge is 0.336 e. The lowest BCUT2D eigenvalue weighted by molar-refractivity contribution is -0.384. The molecule has 0 saturated carbocycles. The van der Waals surface area contributed by atoms with Gasteiger partial charge in [0.25, 0.3) is 5.69 Å². The molecule has 0 radical (unpaired) electrons. The molecule has 112 valence electrons. The van der Waals surface area contributed by atoms with Crippen LogP contribution in [0.25, 0.3) is 11.6 Å². The molecule has 0 aliphatic heterocycles. The molecule has 0 saturated heterocycles. The van der Waals surface area contributed by atoms with Crippen LogP contribution in [0.2, 0.25) is 0 Å². The first-order valence-electron chi connectivity index (χ1n) is 6.35. The summed E-state index contributed by atoms with van der Waals surface area (Å²) in [5.74, 6) is -0.542. The summed E-state index contributed by atoms with van der Waals surface area (Å²) in [6.45, 7) is 0. The Kier molecular flexibility index (Phi) is 4.53. The second kappa shape index (κ2) is 6.53. The third kappa shape index (κ3) is 3.49. The topological polar surface area (TPSA) is 89.7 Å². The van der Waals surface area contributed by atoms with Crippen LogP contribution in [0.3, 0.4) is 0 Å². The van der Waals surface area contributed by atoms with E-state index >= 15 is 0 Å². The van der Waals surface area contributed by atoms with Gasteiger partial charge < -0.3 is 9.84 Å². The Morgan fingerprint density at radius 1 is 1.23 bits per heavy atom. The number of carbonyl (C=O) groups is 1. The number of aliphatic carboxylic acids is 1. The van der Waals surface area contributed by atoms with Crippen LogP contribution in [0.5, 0.6) is 5.75 Å². The highest BCUT2D eigenvalue weighted by molar-refractivity contribution is 6.20. The zero-order valence-corrected chi connectivity index (χ0v) is 11.7. The van der Waals surface area contributed by atoms with Crippen molar-refractivity contribution in [2.24, 2.45) is 0 Å². The third-order valence-corrected chi connectivity index (χ3v) is 3.03. The van der Waals surface area contributed by atoms with Gasteiger partial charge in [-0.1, -0.05) is 12.1 Å². The highest BCUT2D eigenvalue weighted by Gasteiger charge is 2.12. The van der Waals surface area contributed by atoms with Crippen molar-refractivity contribution in [2.45, 2.75) is 0 Å². The highest BCUT2D eigenvalue weighted by Crippen LogP contribution is 2.23. The Morgan fingerprint density at radius 2 is 1.91 bits per heavy atom. The van der Waals surface area contributed by atoms with Crippen molar-refractivity contribution < 1.29 is 19.6 Å². The van der Waals surface area contributed by atoms with E-state index in [-0.39, 0.29) is 11.3 Å². The van der Waals surface area contributed by atoms with Crippen LogP contribution in [-0.4, -0.2) is 23.1 Å². The van der Waals surface area contributed by atoms with E-state index in [9.17, 15) is 20.0 Å². The van der Waals surface area contributed by atoms with E-state index in [1.807, 2.05) is 0 Å². The van der Waals surface area contributed by atoms with Crippen molar-refractivity contribution in [1.82, 2.24) is 0 Å². The number of nitro groups is 1. The number of methoxy groups -OCH3 is 1. The quantitative estimate of drug-likeness (QED) is 0.396. The molecule has 0 aromatic heterocycles. The van der Waals surface area contributed by atoms with Crippen LogP contribution in [0, 0.1) is 10.1 Å². The van der Waals surface area contributed by atoms with Gasteiger partial charge in [0.2, 0.25) is 0 Å². The fourth-order valence-corrected chi connectivity index (χ4v) is 1.92. The molecule has 0 spiro atoms. The lowest BCUT2D eigenvalue weighted by atomic mass is 10.0. The first-order chi connectivity index (χ1) is 10.5. The predicted molar refractivity (Wildman–Crippen MR) is 81.6 cm³/mol. The molecule has 0 amide bonds. The van der Waals surface area contributed by atoms with Crippen molar-refractivity contribution in [1.29, 1.82) is 0 Å². The van der Waals surface area contributed by atoms with Gasteiger partial charge in [0.15, 0.2) is 0 Å². The molecular weight excluding hydrogens is 286 g/mol. The van der Waals surface area contributed by atoms with Crippen LogP contribution in [-0.2, 0) is 4.79 Å². The van der Waals surface area contributed by atoms with Crippen molar-refractivity contribution in [3.05, 3.63) is 69.8 Å². The number of hydrogen-bond acceptors (Lipinski definition) is 4. The van der Waals surface area contributed by atoms with E-state index in [0.717, 1.165) is 0 Å². The summed E-state index contributed by atoms with van der Waals surface area (Å²) >= 11 is 0. The SMILES string of the molecule is COc1cccc(C(=Cc2ccc([N+](=O)[O-])cc2)C(=O)O)c1. The molecule has 0 aliphatic carbocycles. The standard InChI is InChI=1S/C16H13NO5/c1-22-14-4-2-3-12(10-14)15(16(18)19)9-11-5-7-13(8-6-11)17(20)21/h2-10H,1H3,(H,18,19). The molecule has 2 aromatic carbocycles. The van der Waals surface area contributed by atoms with Crippen LogP contribution in [0.4, 0.5) is 5.69 Å². The van der Waals surface area contributed by atoms with Gasteiger partial charge in [-0.25, -0.2) is 4.79 Å². The number of non-ortho nitro benzene ring substituents is 1. The first-order valence-corrected chi connectivity index (χ1v) is 6.35. The molecular formula is C16H13NO5. The van der Waals surface area contributed by atoms with E-state index in [4.69, 9.17) is 4.74 Å². The largest absolute Gasteiger partial charge is 0.497 e. The Hall–Kier alpha value is -3.15. The molecule has 0 aliphatic rings. The molecule has 2 rings (SSSR count). The number of hydrogen-bond donors (Lipinski definition) is 1. The minimum atomic E-state index is -1.09. The lowest BCUT2D eigenvalue weighted by Crippen LogP contribution is -2.00. The number of nitro benzene ring substituents is 1. The number of rotatable bonds is 5. The van der Waals surface area contributed by atoms with Crippen LogP contribution in [0.1, 0.15) is 11.1 Å². The van der Waals surface area contributed by atoms with Gasteiger partial charge in [-0.2, -0.15) is 0 Å². The van der Waals surface area contributed by atoms with E-state index < -0.39 is 10.9 Å². The van der Waals surface area contributed by atoms with E-state index in [1.165, 1.54) is 37.5 Å². The van der Waals surface area contributed by atoms with E-state index in [2.05, 4.69) is 0 Å². The summed E-state index contributed by atoms with van der Waals surface area (Å²) in [6, 6.07) is 12.4. The highest BCUT2D eigenvalue weighted by atomic mass is 16.6. The normalized spacial score (nSPS) is 11.0. The summed E-state index contributed by atoms with van der Waals surface area (Å²) in [6.07, 6.45) is 1.46. The molecule has 0 heterocycles. The predicted octanol–water partition coefficient (Wildman–Crippen LogP) is 3.23. The zero-order chi connectivity index (χ0) is 16.1.